The van der Waals surface area contributed by atoms with Crippen molar-refractivity contribution in [1.29, 1.82) is 0 Å². The van der Waals surface area contributed by atoms with Crippen molar-refractivity contribution < 1.29 is 18.1 Å². The second kappa shape index (κ2) is 15.8. The van der Waals surface area contributed by atoms with Crippen LogP contribution in [0.25, 0.3) is 0 Å². The zero-order valence-corrected chi connectivity index (χ0v) is 24.1. The summed E-state index contributed by atoms with van der Waals surface area (Å²) in [6.45, 7) is 24.5. The van der Waals surface area contributed by atoms with Gasteiger partial charge in [0.15, 0.2) is 0 Å². The molecule has 0 N–H and O–H groups in total. The Morgan fingerprint density at radius 3 is 0.788 bits per heavy atom. The lowest BCUT2D eigenvalue weighted by molar-refractivity contribution is -0.0322. The predicted molar refractivity (Wildman–Crippen MR) is 140 cm³/mol. The number of nitrogens with zero attached hydrogens (tertiary/aromatic N) is 4. The van der Waals surface area contributed by atoms with Crippen molar-refractivity contribution in [3.05, 3.63) is 0 Å². The Balaban J connectivity index is 6.10. The molecule has 0 aliphatic rings. The summed E-state index contributed by atoms with van der Waals surface area (Å²) in [6, 6.07) is 0. The molecule has 0 radical (unpaired) electrons. The van der Waals surface area contributed by atoms with E-state index in [0.717, 1.165) is 48.5 Å². The van der Waals surface area contributed by atoms with Gasteiger partial charge in [0.1, 0.15) is 0 Å². The van der Waals surface area contributed by atoms with Crippen LogP contribution in [0.1, 0.15) is 109 Å². The largest absolute Gasteiger partial charge is 1.05 e. The maximum Gasteiger partial charge on any atom is 1.05 e. The molecule has 0 spiro atoms. The van der Waals surface area contributed by atoms with Gasteiger partial charge in [-0.25, -0.2) is 0 Å². The van der Waals surface area contributed by atoms with Crippen molar-refractivity contribution in [1.82, 2.24) is 0 Å². The third-order valence-electron chi connectivity index (χ3n) is 4.07. The lowest BCUT2D eigenvalue weighted by atomic mass is 10.1. The smallest absolute Gasteiger partial charge is 0.340 e. The zero-order valence-electron chi connectivity index (χ0n) is 23.1. The fourth-order valence-corrected chi connectivity index (χ4v) is 4.42. The highest BCUT2D eigenvalue weighted by Crippen LogP contribution is 2.18. The normalized spacial score (nSPS) is 14.5. The van der Waals surface area contributed by atoms with E-state index in [0.29, 0.717) is 23.7 Å². The molecule has 0 fully saturated rings. The fourth-order valence-electron chi connectivity index (χ4n) is 3.15. The van der Waals surface area contributed by atoms with Gasteiger partial charge in [-0.1, -0.05) is 55.4 Å². The van der Waals surface area contributed by atoms with Crippen LogP contribution in [0.2, 0.25) is 0 Å². The van der Waals surface area contributed by atoms with Crippen LogP contribution in [0.4, 0.5) is 0 Å². The Kier molecular flexibility index (Phi) is 14.9. The Labute approximate surface area is 203 Å². The SMILES string of the molecule is C/C(CC(C)C)=N/O[Si](O/N=C(\C)CC(C)C)(O/N=C(\C)CC(C)C)O/N=C(\C)CC(C)C. The van der Waals surface area contributed by atoms with Gasteiger partial charge in [0.05, 0.1) is 22.8 Å². The summed E-state index contributed by atoms with van der Waals surface area (Å²) in [7, 11) is -4.00. The molecule has 0 aliphatic carbocycles. The van der Waals surface area contributed by atoms with E-state index in [1.54, 1.807) is 0 Å². The van der Waals surface area contributed by atoms with E-state index >= 15 is 0 Å². The Morgan fingerprint density at radius 2 is 0.636 bits per heavy atom. The molecular weight excluding hydrogens is 436 g/mol. The van der Waals surface area contributed by atoms with Gasteiger partial charge < -0.3 is 18.1 Å². The summed E-state index contributed by atoms with van der Waals surface area (Å²) in [5.41, 5.74) is 3.19. The zero-order chi connectivity index (χ0) is 25.6. The molecule has 0 unspecified atom stereocenters. The molecule has 8 nitrogen and oxygen atoms in total. The lowest BCUT2D eigenvalue weighted by Gasteiger charge is -2.19. The molecule has 0 atom stereocenters. The molecule has 9 heteroatoms. The number of hydrogen-bond acceptors (Lipinski definition) is 8. The summed E-state index contributed by atoms with van der Waals surface area (Å²) < 4.78 is 23.2. The molecule has 0 heterocycles. The van der Waals surface area contributed by atoms with Crippen molar-refractivity contribution in [2.24, 2.45) is 44.3 Å². The number of hydrogen-bond donors (Lipinski definition) is 0. The number of oxime groups is 4. The van der Waals surface area contributed by atoms with Crippen LogP contribution in [0.3, 0.4) is 0 Å². The summed E-state index contributed by atoms with van der Waals surface area (Å²) in [4.78, 5) is 0. The predicted octanol–water partition coefficient (Wildman–Crippen LogP) is 7.18. The van der Waals surface area contributed by atoms with Gasteiger partial charge in [-0.15, -0.1) is 20.6 Å². The van der Waals surface area contributed by atoms with E-state index in [4.69, 9.17) is 18.1 Å². The first kappa shape index (κ1) is 31.1. The standard InChI is InChI=1S/C24H48N4O4Si/c1-17(2)13-21(9)25-29-33(30-26-22(10)14-18(3)4,31-27-23(11)15-19(5)6)32-28-24(12)16-20(7)8/h17-20H,13-16H2,1-12H3/b25-21-,26-22+,27-23+,28-24+. The van der Waals surface area contributed by atoms with Crippen LogP contribution in [-0.2, 0) is 18.1 Å². The average molecular weight is 485 g/mol. The molecule has 0 saturated heterocycles. The van der Waals surface area contributed by atoms with Gasteiger partial charge >= 0.3 is 9.05 Å². The molecule has 0 aromatic heterocycles. The first-order chi connectivity index (χ1) is 15.2. The summed E-state index contributed by atoms with van der Waals surface area (Å²) in [5, 5.41) is 17.0. The second-order valence-corrected chi connectivity index (χ2v) is 12.3. The molecular formula is C24H48N4O4Si. The summed E-state index contributed by atoms with van der Waals surface area (Å²) in [6.07, 6.45) is 3.08. The minimum Gasteiger partial charge on any atom is -0.340 e. The van der Waals surface area contributed by atoms with Gasteiger partial charge in [0, 0.05) is 0 Å². The molecule has 0 aromatic rings. The summed E-state index contributed by atoms with van der Waals surface area (Å²) in [5.74, 6) is 1.72. The van der Waals surface area contributed by atoms with Crippen LogP contribution in [0.5, 0.6) is 0 Å². The molecule has 33 heavy (non-hydrogen) atoms. The highest BCUT2D eigenvalue weighted by molar-refractivity contribution is 6.53. The topological polar surface area (TPSA) is 86.4 Å². The van der Waals surface area contributed by atoms with Crippen molar-refractivity contribution in [3.63, 3.8) is 0 Å². The second-order valence-electron chi connectivity index (χ2n) is 10.6. The molecule has 0 aromatic carbocycles. The third-order valence-corrected chi connectivity index (χ3v) is 5.33. The molecule has 192 valence electrons. The molecule has 0 saturated carbocycles. The third kappa shape index (κ3) is 16.4. The van der Waals surface area contributed by atoms with Crippen LogP contribution in [0.15, 0.2) is 20.6 Å². The minimum absolute atomic E-state index is 0.431. The van der Waals surface area contributed by atoms with Crippen molar-refractivity contribution in [2.75, 3.05) is 0 Å². The van der Waals surface area contributed by atoms with Crippen LogP contribution >= 0.6 is 0 Å². The fraction of sp³-hybridized carbons (Fsp3) is 0.833. The van der Waals surface area contributed by atoms with Gasteiger partial charge in [-0.3, -0.25) is 0 Å². The van der Waals surface area contributed by atoms with Crippen LogP contribution in [-0.4, -0.2) is 31.9 Å². The van der Waals surface area contributed by atoms with E-state index < -0.39 is 9.05 Å². The highest BCUT2D eigenvalue weighted by atomic mass is 28.4. The van der Waals surface area contributed by atoms with E-state index in [9.17, 15) is 0 Å². The maximum absolute atomic E-state index is 5.80. The van der Waals surface area contributed by atoms with E-state index in [1.807, 2.05) is 27.7 Å². The minimum atomic E-state index is -4.00. The van der Waals surface area contributed by atoms with Crippen molar-refractivity contribution >= 4 is 31.9 Å². The quantitative estimate of drug-likeness (QED) is 0.132. The molecule has 0 amide bonds. The Hall–Kier alpha value is -1.90. The van der Waals surface area contributed by atoms with E-state index in [-0.39, 0.29) is 0 Å². The van der Waals surface area contributed by atoms with Gasteiger partial charge in [-0.05, 0) is 77.0 Å². The van der Waals surface area contributed by atoms with Crippen molar-refractivity contribution in [3.8, 4) is 0 Å². The number of rotatable bonds is 16. The Morgan fingerprint density at radius 1 is 0.455 bits per heavy atom. The van der Waals surface area contributed by atoms with Gasteiger partial charge in [0.2, 0.25) is 0 Å². The summed E-state index contributed by atoms with van der Waals surface area (Å²) >= 11 is 0. The first-order valence-corrected chi connectivity index (χ1v) is 13.7. The maximum atomic E-state index is 5.80. The van der Waals surface area contributed by atoms with Gasteiger partial charge in [-0.2, -0.15) is 0 Å². The first-order valence-electron chi connectivity index (χ1n) is 12.1. The Bertz CT molecular complexity index is 568. The molecule has 0 rings (SSSR count). The van der Waals surface area contributed by atoms with Gasteiger partial charge in [0.25, 0.3) is 0 Å². The van der Waals surface area contributed by atoms with Crippen molar-refractivity contribution in [2.45, 2.75) is 109 Å². The monoisotopic (exact) mass is 484 g/mol. The molecule has 0 bridgehead atoms. The van der Waals surface area contributed by atoms with E-state index in [1.165, 1.54) is 0 Å². The van der Waals surface area contributed by atoms with Crippen LogP contribution in [0, 0.1) is 23.7 Å². The lowest BCUT2D eigenvalue weighted by Crippen LogP contribution is -2.45. The highest BCUT2D eigenvalue weighted by Gasteiger charge is 2.63. The average Bonchev–Trinajstić information content (AvgIpc) is 2.64. The molecule has 0 aliphatic heterocycles. The van der Waals surface area contributed by atoms with E-state index in [2.05, 4.69) is 76.0 Å². The van der Waals surface area contributed by atoms with Crippen LogP contribution < -0.4 is 0 Å².